The first-order chi connectivity index (χ1) is 9.49. The number of carbonyl (C=O) groups is 2. The van der Waals surface area contributed by atoms with Crippen LogP contribution < -0.4 is 5.32 Å². The normalized spacial score (nSPS) is 10.2. The van der Waals surface area contributed by atoms with Gasteiger partial charge in [0.2, 0.25) is 0 Å². The number of nitrogens with one attached hydrogen (secondary N) is 1. The minimum absolute atomic E-state index is 0.0671. The second kappa shape index (κ2) is 6.28. The Balaban J connectivity index is 2.23. The first-order valence-corrected chi connectivity index (χ1v) is 7.13. The molecule has 0 spiro atoms. The molecular weight excluding hydrogens is 393 g/mol. The zero-order chi connectivity index (χ0) is 14.7. The second-order valence-corrected chi connectivity index (χ2v) is 5.66. The van der Waals surface area contributed by atoms with Crippen molar-refractivity contribution >= 4 is 49.2 Å². The number of hydrogen-bond acceptors (Lipinski definition) is 2. The van der Waals surface area contributed by atoms with Gasteiger partial charge in [0, 0.05) is 14.5 Å². The molecule has 0 aliphatic heterocycles. The molecule has 0 aromatic heterocycles. The van der Waals surface area contributed by atoms with E-state index in [1.54, 1.807) is 24.3 Å². The van der Waals surface area contributed by atoms with Crippen molar-refractivity contribution in [2.75, 3.05) is 5.32 Å². The number of rotatable bonds is 3. The summed E-state index contributed by atoms with van der Waals surface area (Å²) in [6, 6.07) is 10.9. The van der Waals surface area contributed by atoms with Crippen molar-refractivity contribution in [1.82, 2.24) is 0 Å². The largest absolute Gasteiger partial charge is 0.316 e. The van der Waals surface area contributed by atoms with Crippen molar-refractivity contribution in [3.8, 4) is 0 Å². The van der Waals surface area contributed by atoms with Crippen LogP contribution in [0.25, 0.3) is 0 Å². The summed E-state index contributed by atoms with van der Waals surface area (Å²) in [5, 5.41) is 2.27. The highest BCUT2D eigenvalue weighted by molar-refractivity contribution is 9.11. The number of anilines is 1. The van der Waals surface area contributed by atoms with E-state index < -0.39 is 17.5 Å². The van der Waals surface area contributed by atoms with E-state index in [1.165, 1.54) is 18.2 Å². The monoisotopic (exact) mass is 399 g/mol. The SMILES string of the molecule is O=C(Nc1c(F)cc(Br)cc1Br)C(=O)c1ccccc1. The van der Waals surface area contributed by atoms with Crippen LogP contribution in [0.15, 0.2) is 51.4 Å². The lowest BCUT2D eigenvalue weighted by molar-refractivity contribution is -0.112. The van der Waals surface area contributed by atoms with Gasteiger partial charge in [0.05, 0.1) is 5.69 Å². The fourth-order valence-corrected chi connectivity index (χ4v) is 2.82. The molecule has 0 atom stereocenters. The van der Waals surface area contributed by atoms with Gasteiger partial charge in [0.1, 0.15) is 5.82 Å². The van der Waals surface area contributed by atoms with Gasteiger partial charge in [-0.05, 0) is 28.1 Å². The van der Waals surface area contributed by atoms with Crippen molar-refractivity contribution in [1.29, 1.82) is 0 Å². The summed E-state index contributed by atoms with van der Waals surface area (Å²) in [7, 11) is 0. The van der Waals surface area contributed by atoms with Crippen LogP contribution in [0.5, 0.6) is 0 Å². The third-order valence-corrected chi connectivity index (χ3v) is 3.57. The van der Waals surface area contributed by atoms with E-state index in [2.05, 4.69) is 37.2 Å². The van der Waals surface area contributed by atoms with Gasteiger partial charge in [-0.3, -0.25) is 9.59 Å². The molecule has 0 heterocycles. The van der Waals surface area contributed by atoms with Crippen LogP contribution in [-0.4, -0.2) is 11.7 Å². The average Bonchev–Trinajstić information content (AvgIpc) is 2.42. The Morgan fingerprint density at radius 3 is 2.30 bits per heavy atom. The molecule has 0 bridgehead atoms. The molecule has 2 rings (SSSR count). The third-order valence-electron chi connectivity index (χ3n) is 2.49. The van der Waals surface area contributed by atoms with Crippen molar-refractivity contribution < 1.29 is 14.0 Å². The summed E-state index contributed by atoms with van der Waals surface area (Å²) < 4.78 is 14.6. The molecule has 3 nitrogen and oxygen atoms in total. The molecule has 0 unspecified atom stereocenters. The summed E-state index contributed by atoms with van der Waals surface area (Å²) in [5.74, 6) is -2.25. The summed E-state index contributed by atoms with van der Waals surface area (Å²) in [6.45, 7) is 0. The topological polar surface area (TPSA) is 46.2 Å². The molecule has 2 aromatic carbocycles. The van der Waals surface area contributed by atoms with Crippen LogP contribution in [-0.2, 0) is 4.79 Å². The van der Waals surface area contributed by atoms with Crippen LogP contribution >= 0.6 is 31.9 Å². The molecule has 2 aromatic rings. The lowest BCUT2D eigenvalue weighted by Crippen LogP contribution is -2.23. The van der Waals surface area contributed by atoms with Crippen LogP contribution in [0.3, 0.4) is 0 Å². The van der Waals surface area contributed by atoms with E-state index >= 15 is 0 Å². The molecule has 20 heavy (non-hydrogen) atoms. The molecule has 0 radical (unpaired) electrons. The highest BCUT2D eigenvalue weighted by Crippen LogP contribution is 2.29. The Bertz CT molecular complexity index is 651. The maximum Gasteiger partial charge on any atom is 0.296 e. The van der Waals surface area contributed by atoms with E-state index in [9.17, 15) is 14.0 Å². The molecule has 0 aliphatic rings. The minimum atomic E-state index is -0.891. The van der Waals surface area contributed by atoms with E-state index in [0.29, 0.717) is 8.95 Å². The standard InChI is InChI=1S/C14H8Br2FNO2/c15-9-6-10(16)12(11(17)7-9)18-14(20)13(19)8-4-2-1-3-5-8/h1-7H,(H,18,20). The molecule has 0 aliphatic carbocycles. The number of ketones is 1. The molecule has 0 saturated carbocycles. The molecule has 6 heteroatoms. The maximum atomic E-state index is 13.8. The van der Waals surface area contributed by atoms with Gasteiger partial charge in [0.25, 0.3) is 11.7 Å². The first-order valence-electron chi connectivity index (χ1n) is 5.54. The second-order valence-electron chi connectivity index (χ2n) is 3.89. The molecule has 1 N–H and O–H groups in total. The Morgan fingerprint density at radius 2 is 1.70 bits per heavy atom. The summed E-state index contributed by atoms with van der Waals surface area (Å²) in [4.78, 5) is 23.7. The molecule has 1 amide bonds. The molecular formula is C14H8Br2FNO2. The van der Waals surface area contributed by atoms with E-state index in [1.807, 2.05) is 0 Å². The quantitative estimate of drug-likeness (QED) is 0.620. The fraction of sp³-hybridized carbons (Fsp3) is 0. The minimum Gasteiger partial charge on any atom is -0.316 e. The van der Waals surface area contributed by atoms with Gasteiger partial charge >= 0.3 is 0 Å². The fourth-order valence-electron chi connectivity index (χ4n) is 1.55. The smallest absolute Gasteiger partial charge is 0.296 e. The van der Waals surface area contributed by atoms with Gasteiger partial charge in [-0.25, -0.2) is 4.39 Å². The van der Waals surface area contributed by atoms with E-state index in [-0.39, 0.29) is 11.3 Å². The first kappa shape index (κ1) is 14.9. The zero-order valence-electron chi connectivity index (χ0n) is 9.99. The Labute approximate surface area is 131 Å². The number of hydrogen-bond donors (Lipinski definition) is 1. The third kappa shape index (κ3) is 3.32. The maximum absolute atomic E-state index is 13.8. The molecule has 0 saturated heterocycles. The Kier molecular flexibility index (Phi) is 4.67. The number of Topliss-reactive ketones (excluding diaryl/α,β-unsaturated/α-hetero) is 1. The van der Waals surface area contributed by atoms with Crippen LogP contribution in [0.2, 0.25) is 0 Å². The Morgan fingerprint density at radius 1 is 1.05 bits per heavy atom. The van der Waals surface area contributed by atoms with Gasteiger partial charge in [0.15, 0.2) is 0 Å². The highest BCUT2D eigenvalue weighted by atomic mass is 79.9. The zero-order valence-corrected chi connectivity index (χ0v) is 13.2. The van der Waals surface area contributed by atoms with Crippen molar-refractivity contribution in [3.63, 3.8) is 0 Å². The molecule has 102 valence electrons. The number of halogens is 3. The highest BCUT2D eigenvalue weighted by Gasteiger charge is 2.19. The summed E-state index contributed by atoms with van der Waals surface area (Å²) >= 11 is 6.27. The number of carbonyl (C=O) groups excluding carboxylic acids is 2. The number of benzene rings is 2. The average molecular weight is 401 g/mol. The molecule has 0 fully saturated rings. The predicted octanol–water partition coefficient (Wildman–Crippen LogP) is 4.17. The van der Waals surface area contributed by atoms with Gasteiger partial charge in [-0.1, -0.05) is 46.3 Å². The van der Waals surface area contributed by atoms with Crippen LogP contribution in [0.1, 0.15) is 10.4 Å². The van der Waals surface area contributed by atoms with Crippen molar-refractivity contribution in [3.05, 3.63) is 62.8 Å². The number of amides is 1. The van der Waals surface area contributed by atoms with Crippen LogP contribution in [0, 0.1) is 5.82 Å². The van der Waals surface area contributed by atoms with Gasteiger partial charge in [-0.2, -0.15) is 0 Å². The van der Waals surface area contributed by atoms with Crippen molar-refractivity contribution in [2.45, 2.75) is 0 Å². The van der Waals surface area contributed by atoms with Crippen LogP contribution in [0.4, 0.5) is 10.1 Å². The lowest BCUT2D eigenvalue weighted by atomic mass is 10.1. The lowest BCUT2D eigenvalue weighted by Gasteiger charge is -2.08. The predicted molar refractivity (Wildman–Crippen MR) is 81.2 cm³/mol. The summed E-state index contributed by atoms with van der Waals surface area (Å²) in [5.41, 5.74) is 0.182. The van der Waals surface area contributed by atoms with E-state index in [0.717, 1.165) is 0 Å². The summed E-state index contributed by atoms with van der Waals surface area (Å²) in [6.07, 6.45) is 0. The van der Waals surface area contributed by atoms with Gasteiger partial charge in [-0.15, -0.1) is 0 Å². The van der Waals surface area contributed by atoms with Crippen molar-refractivity contribution in [2.24, 2.45) is 0 Å². The van der Waals surface area contributed by atoms with Gasteiger partial charge < -0.3 is 5.32 Å². The Hall–Kier alpha value is -1.53. The van der Waals surface area contributed by atoms with E-state index in [4.69, 9.17) is 0 Å².